The molecule has 5 heteroatoms. The SMILES string of the molecule is C=C(c1ccc(S(=O)(=O)N2CCCC2)cc1)c1ccc2c(c1)Cc1ccccc1S2. The van der Waals surface area contributed by atoms with E-state index in [0.717, 1.165) is 36.0 Å². The van der Waals surface area contributed by atoms with Crippen molar-refractivity contribution in [1.82, 2.24) is 4.31 Å². The van der Waals surface area contributed by atoms with Crippen LogP contribution < -0.4 is 0 Å². The molecule has 3 aromatic carbocycles. The Morgan fingerprint density at radius 3 is 2.27 bits per heavy atom. The molecule has 2 heterocycles. The predicted molar refractivity (Wildman–Crippen MR) is 122 cm³/mol. The van der Waals surface area contributed by atoms with Crippen molar-refractivity contribution in [3.8, 4) is 0 Å². The minimum Gasteiger partial charge on any atom is -0.207 e. The molecule has 0 aliphatic carbocycles. The van der Waals surface area contributed by atoms with Gasteiger partial charge in [0.25, 0.3) is 0 Å². The van der Waals surface area contributed by atoms with Gasteiger partial charge < -0.3 is 0 Å². The summed E-state index contributed by atoms with van der Waals surface area (Å²) in [6, 6.07) is 22.2. The van der Waals surface area contributed by atoms with Crippen LogP contribution in [0.15, 0.2) is 88.0 Å². The van der Waals surface area contributed by atoms with Gasteiger partial charge in [-0.25, -0.2) is 8.42 Å². The van der Waals surface area contributed by atoms with Crippen molar-refractivity contribution >= 4 is 27.4 Å². The lowest BCUT2D eigenvalue weighted by Gasteiger charge is -2.20. The van der Waals surface area contributed by atoms with E-state index >= 15 is 0 Å². The largest absolute Gasteiger partial charge is 0.243 e. The topological polar surface area (TPSA) is 37.4 Å². The first-order chi connectivity index (χ1) is 14.5. The molecule has 0 amide bonds. The van der Waals surface area contributed by atoms with Crippen molar-refractivity contribution in [1.29, 1.82) is 0 Å². The van der Waals surface area contributed by atoms with Crippen LogP contribution >= 0.6 is 11.8 Å². The van der Waals surface area contributed by atoms with Crippen molar-refractivity contribution in [2.75, 3.05) is 13.1 Å². The first-order valence-electron chi connectivity index (χ1n) is 10.2. The van der Waals surface area contributed by atoms with Gasteiger partial charge >= 0.3 is 0 Å². The van der Waals surface area contributed by atoms with Crippen LogP contribution in [0, 0.1) is 0 Å². The average molecular weight is 434 g/mol. The molecule has 1 fully saturated rings. The normalized spacial score (nSPS) is 16.1. The van der Waals surface area contributed by atoms with Crippen molar-refractivity contribution in [2.45, 2.75) is 33.9 Å². The summed E-state index contributed by atoms with van der Waals surface area (Å²) in [4.78, 5) is 2.98. The Morgan fingerprint density at radius 2 is 1.50 bits per heavy atom. The van der Waals surface area contributed by atoms with Crippen LogP contribution in [0.1, 0.15) is 35.1 Å². The van der Waals surface area contributed by atoms with Crippen molar-refractivity contribution in [2.24, 2.45) is 0 Å². The molecular weight excluding hydrogens is 410 g/mol. The third-order valence-corrected chi connectivity index (χ3v) is 9.04. The van der Waals surface area contributed by atoms with E-state index in [-0.39, 0.29) is 0 Å². The van der Waals surface area contributed by atoms with Gasteiger partial charge in [0.05, 0.1) is 4.90 Å². The number of hydrogen-bond donors (Lipinski definition) is 0. The van der Waals surface area contributed by atoms with E-state index in [0.29, 0.717) is 18.0 Å². The number of hydrogen-bond acceptors (Lipinski definition) is 3. The second kappa shape index (κ2) is 7.73. The molecule has 1 saturated heterocycles. The van der Waals surface area contributed by atoms with Crippen LogP contribution in [0.25, 0.3) is 5.57 Å². The zero-order chi connectivity index (χ0) is 20.7. The van der Waals surface area contributed by atoms with Gasteiger partial charge in [0.2, 0.25) is 10.0 Å². The molecule has 0 bridgehead atoms. The summed E-state index contributed by atoms with van der Waals surface area (Å²) in [7, 11) is -3.39. The molecule has 3 nitrogen and oxygen atoms in total. The molecule has 0 N–H and O–H groups in total. The van der Waals surface area contributed by atoms with Gasteiger partial charge in [0, 0.05) is 22.9 Å². The monoisotopic (exact) mass is 433 g/mol. The summed E-state index contributed by atoms with van der Waals surface area (Å²) >= 11 is 1.81. The van der Waals surface area contributed by atoms with E-state index in [4.69, 9.17) is 0 Å². The summed E-state index contributed by atoms with van der Waals surface area (Å²) in [5.41, 5.74) is 5.59. The van der Waals surface area contributed by atoms with E-state index in [1.165, 1.54) is 20.9 Å². The van der Waals surface area contributed by atoms with Crippen molar-refractivity contribution in [3.63, 3.8) is 0 Å². The molecule has 3 aromatic rings. The quantitative estimate of drug-likeness (QED) is 0.421. The number of nitrogens with zero attached hydrogens (tertiary/aromatic N) is 1. The highest BCUT2D eigenvalue weighted by Crippen LogP contribution is 2.40. The van der Waals surface area contributed by atoms with Gasteiger partial charge in [-0.1, -0.05) is 54.7 Å². The number of benzene rings is 3. The molecule has 0 atom stereocenters. The molecule has 2 aliphatic heterocycles. The average Bonchev–Trinajstić information content (AvgIpc) is 3.33. The molecule has 0 spiro atoms. The molecule has 0 radical (unpaired) electrons. The fourth-order valence-electron chi connectivity index (χ4n) is 4.15. The standard InChI is InChI=1S/C25H23NO2S2/c1-18(19-8-11-23(12-9-19)30(27,28)26-14-4-5-15-26)20-10-13-25-22(16-20)17-21-6-2-3-7-24(21)29-25/h2-3,6-13,16H,1,4-5,14-15,17H2. The number of sulfonamides is 1. The smallest absolute Gasteiger partial charge is 0.207 e. The maximum atomic E-state index is 12.7. The summed E-state index contributed by atoms with van der Waals surface area (Å²) < 4.78 is 27.1. The number of fused-ring (bicyclic) bond motifs is 2. The zero-order valence-corrected chi connectivity index (χ0v) is 18.3. The molecule has 152 valence electrons. The van der Waals surface area contributed by atoms with Gasteiger partial charge in [-0.2, -0.15) is 4.31 Å². The predicted octanol–water partition coefficient (Wildman–Crippen LogP) is 5.59. The summed E-state index contributed by atoms with van der Waals surface area (Å²) in [6.45, 7) is 5.53. The Labute approximate surface area is 182 Å². The molecule has 0 unspecified atom stereocenters. The minimum atomic E-state index is -3.39. The Bertz CT molecular complexity index is 1220. The fourth-order valence-corrected chi connectivity index (χ4v) is 6.72. The Morgan fingerprint density at radius 1 is 0.833 bits per heavy atom. The maximum Gasteiger partial charge on any atom is 0.243 e. The van der Waals surface area contributed by atoms with Crippen LogP contribution in [0.2, 0.25) is 0 Å². The van der Waals surface area contributed by atoms with Crippen molar-refractivity contribution in [3.05, 3.63) is 95.6 Å². The van der Waals surface area contributed by atoms with Gasteiger partial charge in [0.1, 0.15) is 0 Å². The third kappa shape index (κ3) is 3.51. The molecule has 5 rings (SSSR count). The Hall–Kier alpha value is -2.34. The maximum absolute atomic E-state index is 12.7. The van der Waals surface area contributed by atoms with E-state index < -0.39 is 10.0 Å². The lowest BCUT2D eigenvalue weighted by molar-refractivity contribution is 0.477. The van der Waals surface area contributed by atoms with Crippen LogP contribution in [0.3, 0.4) is 0 Å². The van der Waals surface area contributed by atoms with Crippen LogP contribution in [0.4, 0.5) is 0 Å². The first kappa shape index (κ1) is 19.6. The van der Waals surface area contributed by atoms with E-state index in [9.17, 15) is 8.42 Å². The first-order valence-corrected chi connectivity index (χ1v) is 12.5. The summed E-state index contributed by atoms with van der Waals surface area (Å²) in [6.07, 6.45) is 2.80. The van der Waals surface area contributed by atoms with Gasteiger partial charge in [-0.05, 0) is 77.4 Å². The van der Waals surface area contributed by atoms with Gasteiger partial charge in [-0.15, -0.1) is 0 Å². The van der Waals surface area contributed by atoms with Gasteiger partial charge in [-0.3, -0.25) is 0 Å². The lowest BCUT2D eigenvalue weighted by Crippen LogP contribution is -2.27. The van der Waals surface area contributed by atoms with Crippen molar-refractivity contribution < 1.29 is 8.42 Å². The fraction of sp³-hybridized carbons (Fsp3) is 0.200. The summed E-state index contributed by atoms with van der Waals surface area (Å²) in [5, 5.41) is 0. The molecule has 0 aromatic heterocycles. The lowest BCUT2D eigenvalue weighted by atomic mass is 9.95. The van der Waals surface area contributed by atoms with Crippen LogP contribution in [-0.4, -0.2) is 25.8 Å². The molecular formula is C25H23NO2S2. The van der Waals surface area contributed by atoms with Crippen LogP contribution in [-0.2, 0) is 16.4 Å². The van der Waals surface area contributed by atoms with Gasteiger partial charge in [0.15, 0.2) is 0 Å². The minimum absolute atomic E-state index is 0.361. The van der Waals surface area contributed by atoms with E-state index in [1.807, 2.05) is 23.9 Å². The molecule has 30 heavy (non-hydrogen) atoms. The highest BCUT2D eigenvalue weighted by atomic mass is 32.2. The second-order valence-electron chi connectivity index (χ2n) is 7.82. The Balaban J connectivity index is 1.39. The number of rotatable bonds is 4. The van der Waals surface area contributed by atoms with E-state index in [1.54, 1.807) is 16.4 Å². The highest BCUT2D eigenvalue weighted by molar-refractivity contribution is 7.99. The highest BCUT2D eigenvalue weighted by Gasteiger charge is 2.27. The zero-order valence-electron chi connectivity index (χ0n) is 16.7. The summed E-state index contributed by atoms with van der Waals surface area (Å²) in [5.74, 6) is 0. The Kier molecular flexibility index (Phi) is 5.05. The second-order valence-corrected chi connectivity index (χ2v) is 10.8. The van der Waals surface area contributed by atoms with Crippen LogP contribution in [0.5, 0.6) is 0 Å². The third-order valence-electron chi connectivity index (χ3n) is 5.89. The molecule has 0 saturated carbocycles. The van der Waals surface area contributed by atoms with E-state index in [2.05, 4.69) is 49.0 Å². The molecule has 2 aliphatic rings.